The zero-order chi connectivity index (χ0) is 11.5. The van der Waals surface area contributed by atoms with E-state index in [1.54, 1.807) is 6.92 Å². The number of aliphatic carboxylic acids is 1. The Balaban J connectivity index is 4.29. The van der Waals surface area contributed by atoms with Crippen molar-refractivity contribution < 1.29 is 14.7 Å². The Morgan fingerprint density at radius 1 is 1.21 bits per heavy atom. The molecular weight excluding hydrogens is 182 g/mol. The third-order valence-electron chi connectivity index (χ3n) is 2.42. The first-order chi connectivity index (χ1) is 6.16. The number of amides is 1. The SMILES string of the molecule is CC(C(=O)N[C@H](C)C(=O)O)C(C)(C)C. The van der Waals surface area contributed by atoms with Crippen molar-refractivity contribution in [2.24, 2.45) is 11.3 Å². The van der Waals surface area contributed by atoms with Gasteiger partial charge in [-0.25, -0.2) is 0 Å². The Kier molecular flexibility index (Phi) is 4.10. The Morgan fingerprint density at radius 3 is 1.93 bits per heavy atom. The van der Waals surface area contributed by atoms with Crippen LogP contribution in [0, 0.1) is 11.3 Å². The highest BCUT2D eigenvalue weighted by Crippen LogP contribution is 2.25. The third kappa shape index (κ3) is 3.77. The molecule has 0 bridgehead atoms. The molecule has 4 nitrogen and oxygen atoms in total. The standard InChI is InChI=1S/C10H19NO3/c1-6(10(3,4)5)8(12)11-7(2)9(13)14/h6-7H,1-5H3,(H,11,12)(H,13,14)/t6?,7-/m1/s1. The average molecular weight is 201 g/mol. The number of nitrogens with one attached hydrogen (secondary N) is 1. The van der Waals surface area contributed by atoms with Crippen molar-refractivity contribution in [1.29, 1.82) is 0 Å². The molecule has 0 fully saturated rings. The van der Waals surface area contributed by atoms with Gasteiger partial charge in [-0.05, 0) is 12.3 Å². The fraction of sp³-hybridized carbons (Fsp3) is 0.800. The Morgan fingerprint density at radius 2 is 1.64 bits per heavy atom. The van der Waals surface area contributed by atoms with Gasteiger partial charge in [0, 0.05) is 5.92 Å². The van der Waals surface area contributed by atoms with E-state index in [0.29, 0.717) is 0 Å². The van der Waals surface area contributed by atoms with Crippen LogP contribution in [-0.2, 0) is 9.59 Å². The van der Waals surface area contributed by atoms with E-state index in [1.165, 1.54) is 6.92 Å². The van der Waals surface area contributed by atoms with Crippen LogP contribution in [0.4, 0.5) is 0 Å². The molecule has 0 aliphatic carbocycles. The van der Waals surface area contributed by atoms with E-state index < -0.39 is 12.0 Å². The molecule has 1 unspecified atom stereocenters. The highest BCUT2D eigenvalue weighted by molar-refractivity contribution is 5.84. The van der Waals surface area contributed by atoms with Crippen molar-refractivity contribution in [3.63, 3.8) is 0 Å². The number of carbonyl (C=O) groups excluding carboxylic acids is 1. The average Bonchev–Trinajstić information content (AvgIpc) is 2.00. The van der Waals surface area contributed by atoms with Crippen LogP contribution in [0.15, 0.2) is 0 Å². The van der Waals surface area contributed by atoms with Gasteiger partial charge >= 0.3 is 5.97 Å². The van der Waals surface area contributed by atoms with Gasteiger partial charge in [0.1, 0.15) is 6.04 Å². The van der Waals surface area contributed by atoms with E-state index in [4.69, 9.17) is 5.11 Å². The number of carbonyl (C=O) groups is 2. The van der Waals surface area contributed by atoms with Gasteiger partial charge in [0.2, 0.25) is 5.91 Å². The summed E-state index contributed by atoms with van der Waals surface area (Å²) in [4.78, 5) is 22.0. The highest BCUT2D eigenvalue weighted by atomic mass is 16.4. The normalized spacial score (nSPS) is 15.8. The summed E-state index contributed by atoms with van der Waals surface area (Å²) in [6.07, 6.45) is 0. The molecule has 1 amide bonds. The molecule has 4 heteroatoms. The smallest absolute Gasteiger partial charge is 0.325 e. The summed E-state index contributed by atoms with van der Waals surface area (Å²) in [5.74, 6) is -1.43. The summed E-state index contributed by atoms with van der Waals surface area (Å²) in [6, 6.07) is -0.827. The lowest BCUT2D eigenvalue weighted by Gasteiger charge is -2.26. The molecule has 0 saturated heterocycles. The first kappa shape index (κ1) is 12.9. The van der Waals surface area contributed by atoms with E-state index in [2.05, 4.69) is 5.32 Å². The molecule has 0 aliphatic rings. The summed E-state index contributed by atoms with van der Waals surface area (Å²) in [5.41, 5.74) is -0.150. The predicted molar refractivity (Wildman–Crippen MR) is 53.9 cm³/mol. The molecule has 2 atom stereocenters. The Labute approximate surface area is 84.7 Å². The van der Waals surface area contributed by atoms with Gasteiger partial charge < -0.3 is 10.4 Å². The maximum Gasteiger partial charge on any atom is 0.325 e. The van der Waals surface area contributed by atoms with Crippen molar-refractivity contribution >= 4 is 11.9 Å². The molecule has 0 aromatic heterocycles. The molecule has 0 rings (SSSR count). The maximum absolute atomic E-state index is 11.5. The minimum Gasteiger partial charge on any atom is -0.480 e. The second kappa shape index (κ2) is 4.44. The van der Waals surface area contributed by atoms with E-state index in [1.807, 2.05) is 20.8 Å². The monoisotopic (exact) mass is 201 g/mol. The third-order valence-corrected chi connectivity index (χ3v) is 2.42. The van der Waals surface area contributed by atoms with Crippen LogP contribution in [0.5, 0.6) is 0 Å². The summed E-state index contributed by atoms with van der Waals surface area (Å²) < 4.78 is 0. The zero-order valence-corrected chi connectivity index (χ0v) is 9.42. The quantitative estimate of drug-likeness (QED) is 0.722. The van der Waals surface area contributed by atoms with Crippen molar-refractivity contribution in [2.45, 2.75) is 40.7 Å². The predicted octanol–water partition coefficient (Wildman–Crippen LogP) is 1.26. The van der Waals surface area contributed by atoms with E-state index in [0.717, 1.165) is 0 Å². The molecule has 82 valence electrons. The largest absolute Gasteiger partial charge is 0.480 e. The lowest BCUT2D eigenvalue weighted by Crippen LogP contribution is -2.44. The second-order valence-corrected chi connectivity index (χ2v) is 4.66. The van der Waals surface area contributed by atoms with E-state index >= 15 is 0 Å². The molecule has 0 aromatic rings. The van der Waals surface area contributed by atoms with Gasteiger partial charge in [0.25, 0.3) is 0 Å². The van der Waals surface area contributed by atoms with Crippen LogP contribution in [0.2, 0.25) is 0 Å². The second-order valence-electron chi connectivity index (χ2n) is 4.66. The lowest BCUT2D eigenvalue weighted by atomic mass is 9.81. The van der Waals surface area contributed by atoms with Crippen LogP contribution in [-0.4, -0.2) is 23.0 Å². The molecule has 14 heavy (non-hydrogen) atoms. The summed E-state index contributed by atoms with van der Waals surface area (Å²) in [7, 11) is 0. The van der Waals surface area contributed by atoms with Gasteiger partial charge in [0.15, 0.2) is 0 Å². The summed E-state index contributed by atoms with van der Waals surface area (Å²) in [5, 5.41) is 11.0. The van der Waals surface area contributed by atoms with Crippen LogP contribution in [0.25, 0.3) is 0 Å². The van der Waals surface area contributed by atoms with Crippen molar-refractivity contribution in [2.75, 3.05) is 0 Å². The zero-order valence-electron chi connectivity index (χ0n) is 9.42. The van der Waals surface area contributed by atoms with Crippen molar-refractivity contribution in [1.82, 2.24) is 5.32 Å². The molecular formula is C10H19NO3. The molecule has 0 spiro atoms. The van der Waals surface area contributed by atoms with Gasteiger partial charge in [-0.3, -0.25) is 9.59 Å². The number of carboxylic acid groups (broad SMARTS) is 1. The molecule has 0 aliphatic heterocycles. The topological polar surface area (TPSA) is 66.4 Å². The first-order valence-corrected chi connectivity index (χ1v) is 4.69. The summed E-state index contributed by atoms with van der Waals surface area (Å²) >= 11 is 0. The molecule has 0 aromatic carbocycles. The number of rotatable bonds is 3. The van der Waals surface area contributed by atoms with Gasteiger partial charge in [-0.15, -0.1) is 0 Å². The van der Waals surface area contributed by atoms with E-state index in [-0.39, 0.29) is 17.2 Å². The lowest BCUT2D eigenvalue weighted by molar-refractivity contribution is -0.142. The number of hydrogen-bond donors (Lipinski definition) is 2. The maximum atomic E-state index is 11.5. The van der Waals surface area contributed by atoms with Crippen LogP contribution >= 0.6 is 0 Å². The van der Waals surface area contributed by atoms with E-state index in [9.17, 15) is 9.59 Å². The van der Waals surface area contributed by atoms with Crippen molar-refractivity contribution in [3.8, 4) is 0 Å². The van der Waals surface area contributed by atoms with Gasteiger partial charge in [0.05, 0.1) is 0 Å². The highest BCUT2D eigenvalue weighted by Gasteiger charge is 2.28. The molecule has 0 heterocycles. The summed E-state index contributed by atoms with van der Waals surface area (Å²) in [6.45, 7) is 9.09. The fourth-order valence-corrected chi connectivity index (χ4v) is 0.793. The molecule has 2 N–H and O–H groups in total. The van der Waals surface area contributed by atoms with Crippen LogP contribution in [0.1, 0.15) is 34.6 Å². The van der Waals surface area contributed by atoms with Gasteiger partial charge in [-0.1, -0.05) is 27.7 Å². The Bertz CT molecular complexity index is 230. The molecule has 0 saturated carbocycles. The fourth-order valence-electron chi connectivity index (χ4n) is 0.793. The number of hydrogen-bond acceptors (Lipinski definition) is 2. The Hall–Kier alpha value is -1.06. The van der Waals surface area contributed by atoms with Crippen LogP contribution in [0.3, 0.4) is 0 Å². The van der Waals surface area contributed by atoms with Crippen LogP contribution < -0.4 is 5.32 Å². The minimum absolute atomic E-state index is 0.150. The minimum atomic E-state index is -1.01. The van der Waals surface area contributed by atoms with Gasteiger partial charge in [-0.2, -0.15) is 0 Å². The van der Waals surface area contributed by atoms with Crippen molar-refractivity contribution in [3.05, 3.63) is 0 Å². The first-order valence-electron chi connectivity index (χ1n) is 4.69. The number of carboxylic acids is 1. The molecule has 0 radical (unpaired) electrons.